The number of anilines is 1. The molecule has 0 saturated heterocycles. The molecule has 1 aromatic heterocycles. The van der Waals surface area contributed by atoms with Crippen LogP contribution in [0.5, 0.6) is 0 Å². The molecule has 6 heteroatoms. The number of hydrogen-bond acceptors (Lipinski definition) is 4. The molecular formula is C18H18BrNO4. The summed E-state index contributed by atoms with van der Waals surface area (Å²) in [5, 5.41) is 0. The fraction of sp³-hybridized carbons (Fsp3) is 0.222. The minimum Gasteiger partial charge on any atom is -0.450 e. The van der Waals surface area contributed by atoms with Gasteiger partial charge in [-0.3, -0.25) is 4.79 Å². The minimum absolute atomic E-state index is 0.272. The molecule has 1 aromatic carbocycles. The Morgan fingerprint density at radius 1 is 1.25 bits per heavy atom. The lowest BCUT2D eigenvalue weighted by molar-refractivity contribution is -0.149. The van der Waals surface area contributed by atoms with Crippen molar-refractivity contribution in [3.63, 3.8) is 0 Å². The Morgan fingerprint density at radius 3 is 2.54 bits per heavy atom. The number of likely N-dealkylation sites (N-methyl/N-ethyl adjacent to an activating group) is 1. The van der Waals surface area contributed by atoms with Crippen LogP contribution in [0.1, 0.15) is 19.6 Å². The highest BCUT2D eigenvalue weighted by Gasteiger charge is 2.23. The second-order valence-electron chi connectivity index (χ2n) is 4.97. The monoisotopic (exact) mass is 391 g/mol. The van der Waals surface area contributed by atoms with E-state index in [4.69, 9.17) is 9.15 Å². The van der Waals surface area contributed by atoms with E-state index in [0.29, 0.717) is 17.0 Å². The van der Waals surface area contributed by atoms with E-state index in [1.165, 1.54) is 12.2 Å². The van der Waals surface area contributed by atoms with E-state index in [0.717, 1.165) is 5.69 Å². The van der Waals surface area contributed by atoms with Gasteiger partial charge in [0.05, 0.1) is 0 Å². The fourth-order valence-corrected chi connectivity index (χ4v) is 2.44. The lowest BCUT2D eigenvalue weighted by atomic mass is 10.2. The Morgan fingerprint density at radius 2 is 1.96 bits per heavy atom. The molecule has 24 heavy (non-hydrogen) atoms. The molecular weight excluding hydrogens is 374 g/mol. The molecule has 0 aliphatic heterocycles. The van der Waals surface area contributed by atoms with Gasteiger partial charge in [-0.1, -0.05) is 18.2 Å². The topological polar surface area (TPSA) is 59.8 Å². The highest BCUT2D eigenvalue weighted by Crippen LogP contribution is 2.16. The Labute approximate surface area is 149 Å². The number of benzene rings is 1. The maximum atomic E-state index is 12.5. The van der Waals surface area contributed by atoms with Crippen molar-refractivity contribution in [1.82, 2.24) is 0 Å². The van der Waals surface area contributed by atoms with E-state index >= 15 is 0 Å². The summed E-state index contributed by atoms with van der Waals surface area (Å²) in [6.07, 6.45) is 1.83. The van der Waals surface area contributed by atoms with E-state index in [9.17, 15) is 9.59 Å². The normalized spacial score (nSPS) is 12.1. The third-order valence-corrected chi connectivity index (χ3v) is 3.69. The molecule has 0 spiro atoms. The van der Waals surface area contributed by atoms with Gasteiger partial charge < -0.3 is 14.1 Å². The van der Waals surface area contributed by atoms with Crippen molar-refractivity contribution in [3.8, 4) is 0 Å². The number of halogens is 1. The van der Waals surface area contributed by atoms with Crippen molar-refractivity contribution in [2.75, 3.05) is 11.4 Å². The second kappa shape index (κ2) is 8.49. The zero-order valence-electron chi connectivity index (χ0n) is 13.4. The lowest BCUT2D eigenvalue weighted by Crippen LogP contribution is -2.39. The first kappa shape index (κ1) is 18.0. The van der Waals surface area contributed by atoms with Crippen LogP contribution >= 0.6 is 15.9 Å². The number of nitrogens with zero attached hydrogens (tertiary/aromatic N) is 1. The zero-order chi connectivity index (χ0) is 17.5. The predicted molar refractivity (Wildman–Crippen MR) is 95.5 cm³/mol. The lowest BCUT2D eigenvalue weighted by Gasteiger charge is -2.24. The first-order chi connectivity index (χ1) is 11.5. The first-order valence-electron chi connectivity index (χ1n) is 7.51. The van der Waals surface area contributed by atoms with E-state index in [2.05, 4.69) is 15.9 Å². The third kappa shape index (κ3) is 4.83. The van der Waals surface area contributed by atoms with Gasteiger partial charge >= 0.3 is 5.97 Å². The average molecular weight is 392 g/mol. The molecule has 2 aromatic rings. The van der Waals surface area contributed by atoms with E-state index in [1.807, 2.05) is 37.3 Å². The highest BCUT2D eigenvalue weighted by atomic mass is 79.9. The molecule has 0 fully saturated rings. The SMILES string of the molecule is CCN(C(=O)[C@@H](C)OC(=O)/C=C/c1ccc(Br)o1)c1ccccc1. The van der Waals surface area contributed by atoms with E-state index in [-0.39, 0.29) is 5.91 Å². The van der Waals surface area contributed by atoms with Gasteiger partial charge in [-0.2, -0.15) is 0 Å². The Balaban J connectivity index is 1.97. The van der Waals surface area contributed by atoms with Crippen LogP contribution in [-0.4, -0.2) is 24.5 Å². The number of amides is 1. The Kier molecular flexibility index (Phi) is 6.37. The molecule has 126 valence electrons. The van der Waals surface area contributed by atoms with E-state index in [1.54, 1.807) is 24.0 Å². The summed E-state index contributed by atoms with van der Waals surface area (Å²) >= 11 is 3.18. The summed E-state index contributed by atoms with van der Waals surface area (Å²) in [6.45, 7) is 3.91. The Hall–Kier alpha value is -2.34. The van der Waals surface area contributed by atoms with Gasteiger partial charge in [0.1, 0.15) is 5.76 Å². The summed E-state index contributed by atoms with van der Waals surface area (Å²) in [6, 6.07) is 12.7. The molecule has 0 aliphatic rings. The smallest absolute Gasteiger partial charge is 0.331 e. The van der Waals surface area contributed by atoms with Crippen LogP contribution in [0.25, 0.3) is 6.08 Å². The van der Waals surface area contributed by atoms with Crippen LogP contribution < -0.4 is 4.90 Å². The van der Waals surface area contributed by atoms with Gasteiger partial charge in [-0.25, -0.2) is 4.79 Å². The standard InChI is InChI=1S/C18H18BrNO4/c1-3-20(14-7-5-4-6-8-14)18(22)13(2)23-17(21)12-10-15-9-11-16(19)24-15/h4-13H,3H2,1-2H3/b12-10+/t13-/m1/s1. The molecule has 0 N–H and O–H groups in total. The zero-order valence-corrected chi connectivity index (χ0v) is 15.0. The molecule has 0 saturated carbocycles. The molecule has 0 unspecified atom stereocenters. The molecule has 1 atom stereocenters. The number of ether oxygens (including phenoxy) is 1. The molecule has 0 radical (unpaired) electrons. The van der Waals surface area contributed by atoms with Crippen LogP contribution in [0.4, 0.5) is 5.69 Å². The van der Waals surface area contributed by atoms with Crippen LogP contribution in [0.3, 0.4) is 0 Å². The van der Waals surface area contributed by atoms with Crippen molar-refractivity contribution in [1.29, 1.82) is 0 Å². The van der Waals surface area contributed by atoms with Crippen LogP contribution in [0, 0.1) is 0 Å². The van der Waals surface area contributed by atoms with Gasteiger partial charge in [-0.15, -0.1) is 0 Å². The summed E-state index contributed by atoms with van der Waals surface area (Å²) in [7, 11) is 0. The third-order valence-electron chi connectivity index (χ3n) is 3.27. The molecule has 1 amide bonds. The van der Waals surface area contributed by atoms with Crippen LogP contribution in [-0.2, 0) is 14.3 Å². The van der Waals surface area contributed by atoms with Gasteiger partial charge in [0, 0.05) is 18.3 Å². The number of furan rings is 1. The minimum atomic E-state index is -0.884. The molecule has 1 heterocycles. The fourth-order valence-electron chi connectivity index (χ4n) is 2.12. The van der Waals surface area contributed by atoms with Gasteiger partial charge in [0.15, 0.2) is 10.8 Å². The maximum Gasteiger partial charge on any atom is 0.331 e. The summed E-state index contributed by atoms with van der Waals surface area (Å²) < 4.78 is 11.0. The number of carbonyl (C=O) groups excluding carboxylic acids is 2. The quantitative estimate of drug-likeness (QED) is 0.550. The van der Waals surface area contributed by atoms with Crippen molar-refractivity contribution >= 4 is 39.6 Å². The van der Waals surface area contributed by atoms with Gasteiger partial charge in [0.25, 0.3) is 5.91 Å². The van der Waals surface area contributed by atoms with Crippen molar-refractivity contribution in [3.05, 3.63) is 59.0 Å². The summed E-state index contributed by atoms with van der Waals surface area (Å²) in [5.74, 6) is -0.365. The number of carbonyl (C=O) groups is 2. The van der Waals surface area contributed by atoms with Crippen LogP contribution in [0.15, 0.2) is 57.6 Å². The van der Waals surface area contributed by atoms with Gasteiger partial charge in [0.2, 0.25) is 0 Å². The molecule has 0 aliphatic carbocycles. The number of esters is 1. The van der Waals surface area contributed by atoms with E-state index < -0.39 is 12.1 Å². The Bertz CT molecular complexity index is 724. The highest BCUT2D eigenvalue weighted by molar-refractivity contribution is 9.10. The average Bonchev–Trinajstić information content (AvgIpc) is 3.00. The number of hydrogen-bond donors (Lipinski definition) is 0. The van der Waals surface area contributed by atoms with Crippen molar-refractivity contribution < 1.29 is 18.7 Å². The molecule has 0 bridgehead atoms. The first-order valence-corrected chi connectivity index (χ1v) is 8.31. The van der Waals surface area contributed by atoms with Crippen LogP contribution in [0.2, 0.25) is 0 Å². The predicted octanol–water partition coefficient (Wildman–Crippen LogP) is 4.04. The largest absolute Gasteiger partial charge is 0.450 e. The second-order valence-corrected chi connectivity index (χ2v) is 5.75. The number of rotatable bonds is 6. The number of para-hydroxylation sites is 1. The molecule has 5 nitrogen and oxygen atoms in total. The maximum absolute atomic E-state index is 12.5. The van der Waals surface area contributed by atoms with Crippen molar-refractivity contribution in [2.24, 2.45) is 0 Å². The van der Waals surface area contributed by atoms with Gasteiger partial charge in [-0.05, 0) is 60.1 Å². The summed E-state index contributed by atoms with van der Waals surface area (Å²) in [4.78, 5) is 25.9. The summed E-state index contributed by atoms with van der Waals surface area (Å²) in [5.41, 5.74) is 0.767. The molecule has 2 rings (SSSR count). The van der Waals surface area contributed by atoms with Crippen molar-refractivity contribution in [2.45, 2.75) is 20.0 Å².